The molecule has 0 saturated heterocycles. The smallest absolute Gasteiger partial charge is 0.261 e. The first-order chi connectivity index (χ1) is 7.31. The number of H-pyrrole nitrogens is 1. The number of pyridine rings is 1. The first-order valence-electron chi connectivity index (χ1n) is 4.33. The molecule has 0 unspecified atom stereocenters. The van der Waals surface area contributed by atoms with Gasteiger partial charge in [0.05, 0.1) is 11.9 Å². The van der Waals surface area contributed by atoms with Crippen molar-refractivity contribution in [2.75, 3.05) is 11.9 Å². The number of nitrogens with one attached hydrogen (secondary N) is 2. The number of aromatic amines is 1. The molecule has 0 bridgehead atoms. The minimum Gasteiger partial charge on any atom is -0.345 e. The fourth-order valence-corrected chi connectivity index (χ4v) is 1.19. The van der Waals surface area contributed by atoms with Crippen LogP contribution in [0.5, 0.6) is 0 Å². The summed E-state index contributed by atoms with van der Waals surface area (Å²) in [6.45, 7) is 0.307. The third-order valence-corrected chi connectivity index (χ3v) is 1.84. The maximum Gasteiger partial charge on any atom is 0.261 e. The molecular formula is C10H8N4O. The average molecular weight is 200 g/mol. The molecule has 74 valence electrons. The van der Waals surface area contributed by atoms with Gasteiger partial charge >= 0.3 is 0 Å². The molecular weight excluding hydrogens is 192 g/mol. The molecule has 2 heterocycles. The van der Waals surface area contributed by atoms with Crippen molar-refractivity contribution in [3.8, 4) is 12.3 Å². The second-order valence-corrected chi connectivity index (χ2v) is 2.85. The molecule has 0 fully saturated rings. The fourth-order valence-electron chi connectivity index (χ4n) is 1.19. The number of nitrogens with zero attached hydrogens (tertiary/aromatic N) is 2. The zero-order chi connectivity index (χ0) is 10.7. The van der Waals surface area contributed by atoms with Gasteiger partial charge in [0.1, 0.15) is 0 Å². The third-order valence-electron chi connectivity index (χ3n) is 1.84. The van der Waals surface area contributed by atoms with E-state index in [9.17, 15) is 4.79 Å². The fraction of sp³-hybridized carbons (Fsp3) is 0.100. The Morgan fingerprint density at radius 2 is 2.47 bits per heavy atom. The third kappa shape index (κ3) is 1.79. The van der Waals surface area contributed by atoms with Gasteiger partial charge < -0.3 is 5.32 Å². The Morgan fingerprint density at radius 1 is 1.60 bits per heavy atom. The summed E-state index contributed by atoms with van der Waals surface area (Å²) in [6.07, 6.45) is 6.66. The molecule has 0 aliphatic rings. The summed E-state index contributed by atoms with van der Waals surface area (Å²) in [4.78, 5) is 22.2. The normalized spacial score (nSPS) is 9.80. The predicted molar refractivity (Wildman–Crippen MR) is 57.5 cm³/mol. The number of terminal acetylenes is 1. The minimum absolute atomic E-state index is 0.229. The molecule has 2 rings (SSSR count). The van der Waals surface area contributed by atoms with Gasteiger partial charge in [-0.1, -0.05) is 5.92 Å². The maximum absolute atomic E-state index is 11.5. The highest BCUT2D eigenvalue weighted by molar-refractivity contribution is 5.73. The summed E-state index contributed by atoms with van der Waals surface area (Å²) >= 11 is 0. The molecule has 0 atom stereocenters. The van der Waals surface area contributed by atoms with E-state index < -0.39 is 0 Å². The van der Waals surface area contributed by atoms with Crippen LogP contribution in [0, 0.1) is 12.3 Å². The molecule has 5 heteroatoms. The van der Waals surface area contributed by atoms with Gasteiger partial charge in [0.2, 0.25) is 5.95 Å². The molecule has 0 radical (unpaired) electrons. The monoisotopic (exact) mass is 200 g/mol. The Balaban J connectivity index is 2.54. The number of hydrogen-bond donors (Lipinski definition) is 2. The largest absolute Gasteiger partial charge is 0.345 e. The second kappa shape index (κ2) is 3.80. The van der Waals surface area contributed by atoms with E-state index >= 15 is 0 Å². The van der Waals surface area contributed by atoms with Crippen LogP contribution in [0.1, 0.15) is 0 Å². The van der Waals surface area contributed by atoms with Gasteiger partial charge in [0.15, 0.2) is 5.65 Å². The van der Waals surface area contributed by atoms with E-state index in [1.54, 1.807) is 18.3 Å². The minimum atomic E-state index is -0.229. The highest BCUT2D eigenvalue weighted by atomic mass is 16.1. The van der Waals surface area contributed by atoms with E-state index in [0.29, 0.717) is 23.5 Å². The SMILES string of the molecule is C#CCNc1nc2ncccc2c(=O)[nH]1. The van der Waals surface area contributed by atoms with Crippen LogP contribution < -0.4 is 10.9 Å². The Morgan fingerprint density at radius 3 is 3.27 bits per heavy atom. The van der Waals surface area contributed by atoms with E-state index in [1.807, 2.05) is 0 Å². The van der Waals surface area contributed by atoms with Crippen molar-refractivity contribution in [3.05, 3.63) is 28.7 Å². The first kappa shape index (κ1) is 9.21. The molecule has 2 aromatic rings. The quantitative estimate of drug-likeness (QED) is 0.687. The molecule has 0 saturated carbocycles. The van der Waals surface area contributed by atoms with Gasteiger partial charge in [0, 0.05) is 6.20 Å². The van der Waals surface area contributed by atoms with Crippen LogP contribution in [0.15, 0.2) is 23.1 Å². The van der Waals surface area contributed by atoms with Crippen molar-refractivity contribution >= 4 is 17.0 Å². The van der Waals surface area contributed by atoms with E-state index in [2.05, 4.69) is 26.2 Å². The Bertz CT molecular complexity index is 582. The summed E-state index contributed by atoms with van der Waals surface area (Å²) in [5, 5.41) is 3.25. The summed E-state index contributed by atoms with van der Waals surface area (Å²) < 4.78 is 0. The predicted octanol–water partition coefficient (Wildman–Crippen LogP) is 0.363. The summed E-state index contributed by atoms with van der Waals surface area (Å²) in [5.41, 5.74) is 0.174. The average Bonchev–Trinajstić information content (AvgIpc) is 2.26. The number of anilines is 1. The highest BCUT2D eigenvalue weighted by Crippen LogP contribution is 2.03. The lowest BCUT2D eigenvalue weighted by Gasteiger charge is -2.01. The lowest BCUT2D eigenvalue weighted by molar-refractivity contribution is 1.11. The van der Waals surface area contributed by atoms with Crippen LogP contribution in [0.3, 0.4) is 0 Å². The van der Waals surface area contributed by atoms with Crippen LogP contribution >= 0.6 is 0 Å². The highest BCUT2D eigenvalue weighted by Gasteiger charge is 2.02. The number of hydrogen-bond acceptors (Lipinski definition) is 4. The molecule has 2 aromatic heterocycles. The summed E-state index contributed by atoms with van der Waals surface area (Å²) in [6, 6.07) is 3.35. The van der Waals surface area contributed by atoms with Crippen LogP contribution in [-0.2, 0) is 0 Å². The van der Waals surface area contributed by atoms with E-state index in [0.717, 1.165) is 0 Å². The van der Waals surface area contributed by atoms with Crippen molar-refractivity contribution in [2.45, 2.75) is 0 Å². The van der Waals surface area contributed by atoms with Crippen molar-refractivity contribution in [1.29, 1.82) is 0 Å². The molecule has 5 nitrogen and oxygen atoms in total. The maximum atomic E-state index is 11.5. The molecule has 0 aliphatic carbocycles. The molecule has 15 heavy (non-hydrogen) atoms. The molecule has 0 amide bonds. The lowest BCUT2D eigenvalue weighted by atomic mass is 10.3. The van der Waals surface area contributed by atoms with Gasteiger partial charge in [-0.2, -0.15) is 4.98 Å². The number of rotatable bonds is 2. The Kier molecular flexibility index (Phi) is 2.33. The van der Waals surface area contributed by atoms with Gasteiger partial charge in [-0.3, -0.25) is 9.78 Å². The van der Waals surface area contributed by atoms with E-state index in [4.69, 9.17) is 6.42 Å². The van der Waals surface area contributed by atoms with Crippen LogP contribution in [0.25, 0.3) is 11.0 Å². The van der Waals surface area contributed by atoms with E-state index in [-0.39, 0.29) is 5.56 Å². The topological polar surface area (TPSA) is 70.7 Å². The van der Waals surface area contributed by atoms with Crippen LogP contribution in [-0.4, -0.2) is 21.5 Å². The van der Waals surface area contributed by atoms with Gasteiger partial charge in [-0.25, -0.2) is 4.98 Å². The first-order valence-corrected chi connectivity index (χ1v) is 4.33. The molecule has 0 aromatic carbocycles. The zero-order valence-corrected chi connectivity index (χ0v) is 7.82. The lowest BCUT2D eigenvalue weighted by Crippen LogP contribution is -2.13. The number of fused-ring (bicyclic) bond motifs is 1. The van der Waals surface area contributed by atoms with Gasteiger partial charge in [0.25, 0.3) is 5.56 Å². The summed E-state index contributed by atoms with van der Waals surface area (Å²) in [5.74, 6) is 2.73. The van der Waals surface area contributed by atoms with Crippen molar-refractivity contribution in [1.82, 2.24) is 15.0 Å². The number of aromatic nitrogens is 3. The van der Waals surface area contributed by atoms with E-state index in [1.165, 1.54) is 0 Å². The second-order valence-electron chi connectivity index (χ2n) is 2.85. The summed E-state index contributed by atoms with van der Waals surface area (Å²) in [7, 11) is 0. The van der Waals surface area contributed by atoms with Crippen molar-refractivity contribution in [3.63, 3.8) is 0 Å². The Labute approximate surface area is 85.6 Å². The molecule has 2 N–H and O–H groups in total. The van der Waals surface area contributed by atoms with Crippen molar-refractivity contribution < 1.29 is 0 Å². The van der Waals surface area contributed by atoms with Crippen LogP contribution in [0.4, 0.5) is 5.95 Å². The standard InChI is InChI=1S/C10H8N4O/c1-2-5-12-10-13-8-7(9(15)14-10)4-3-6-11-8/h1,3-4,6H,5H2,(H2,11,12,13,14,15). The molecule has 0 aliphatic heterocycles. The van der Waals surface area contributed by atoms with Crippen LogP contribution in [0.2, 0.25) is 0 Å². The van der Waals surface area contributed by atoms with Gasteiger partial charge in [-0.05, 0) is 12.1 Å². The Hall–Kier alpha value is -2.35. The molecule has 0 spiro atoms. The van der Waals surface area contributed by atoms with Gasteiger partial charge in [-0.15, -0.1) is 6.42 Å². The zero-order valence-electron chi connectivity index (χ0n) is 7.82. The van der Waals surface area contributed by atoms with Crippen molar-refractivity contribution in [2.24, 2.45) is 0 Å².